The predicted octanol–water partition coefficient (Wildman–Crippen LogP) is 2.51. The quantitative estimate of drug-likeness (QED) is 0.661. The molecule has 0 aromatic rings. The van der Waals surface area contributed by atoms with E-state index in [9.17, 15) is 4.79 Å². The molecule has 0 saturated heterocycles. The van der Waals surface area contributed by atoms with E-state index in [0.29, 0.717) is 0 Å². The van der Waals surface area contributed by atoms with Crippen LogP contribution in [-0.4, -0.2) is 25.3 Å². The van der Waals surface area contributed by atoms with Crippen molar-refractivity contribution in [1.29, 1.82) is 0 Å². The Hall–Kier alpha value is 0.197. The third-order valence-electron chi connectivity index (χ3n) is 1.08. The minimum absolute atomic E-state index is 0.168. The van der Waals surface area contributed by atoms with Crippen LogP contribution in [0.15, 0.2) is 0 Å². The van der Waals surface area contributed by atoms with Crippen LogP contribution in [0.1, 0.15) is 13.8 Å². The number of rotatable bonds is 4. The highest BCUT2D eigenvalue weighted by atomic mass is 32.2. The molecule has 0 amide bonds. The van der Waals surface area contributed by atoms with Crippen molar-refractivity contribution in [3.05, 3.63) is 0 Å². The number of carbonyl (C=O) groups is 1. The number of hydrogen-bond donors (Lipinski definition) is 0. The molecule has 0 aromatic heterocycles. The summed E-state index contributed by atoms with van der Waals surface area (Å²) in [5.41, 5.74) is 0. The van der Waals surface area contributed by atoms with Crippen molar-refractivity contribution in [2.24, 2.45) is 0 Å². The van der Waals surface area contributed by atoms with Crippen molar-refractivity contribution in [1.82, 2.24) is 0 Å². The van der Waals surface area contributed by atoms with Gasteiger partial charge in [-0.05, 0) is 26.6 Å². The zero-order chi connectivity index (χ0) is 9.78. The van der Waals surface area contributed by atoms with Crippen LogP contribution in [0.4, 0.5) is 0 Å². The molecule has 2 nitrogen and oxygen atoms in total. The molecular weight excluding hydrogens is 188 g/mol. The van der Waals surface area contributed by atoms with E-state index in [1.165, 1.54) is 11.8 Å². The predicted molar refractivity (Wildman–Crippen MR) is 57.0 cm³/mol. The zero-order valence-electron chi connectivity index (χ0n) is 8.51. The van der Waals surface area contributed by atoms with Gasteiger partial charge in [-0.15, -0.1) is 0 Å². The molecule has 0 aliphatic rings. The third-order valence-corrected chi connectivity index (χ3v) is 3.23. The molecule has 0 bridgehead atoms. The largest absolute Gasteiger partial charge is 0.414 e. The average Bonchev–Trinajstić information content (AvgIpc) is 1.79. The zero-order valence-corrected chi connectivity index (χ0v) is 10.3. The van der Waals surface area contributed by atoms with E-state index in [2.05, 4.69) is 19.6 Å². The molecule has 0 aliphatic carbocycles. The highest BCUT2D eigenvalue weighted by Crippen LogP contribution is 2.12. The maximum Gasteiger partial charge on any atom is 0.185 e. The van der Waals surface area contributed by atoms with Gasteiger partial charge in [-0.3, -0.25) is 4.79 Å². The molecule has 0 aromatic carbocycles. The van der Waals surface area contributed by atoms with Gasteiger partial charge < -0.3 is 4.43 Å². The van der Waals surface area contributed by atoms with E-state index in [0.717, 1.165) is 5.75 Å². The Balaban J connectivity index is 3.60. The minimum Gasteiger partial charge on any atom is -0.414 e. The van der Waals surface area contributed by atoms with Crippen molar-refractivity contribution in [3.8, 4) is 0 Å². The van der Waals surface area contributed by atoms with Gasteiger partial charge in [0.2, 0.25) is 0 Å². The first kappa shape index (κ1) is 12.2. The Labute approximate surface area is 80.2 Å². The highest BCUT2D eigenvalue weighted by Gasteiger charge is 2.18. The molecule has 0 rings (SSSR count). The Bertz CT molecular complexity index is 154. The molecule has 0 spiro atoms. The summed E-state index contributed by atoms with van der Waals surface area (Å²) in [5, 5.41) is 0.168. The molecular formula is C8H18O2SSi. The topological polar surface area (TPSA) is 26.3 Å². The second kappa shape index (κ2) is 5.04. The van der Waals surface area contributed by atoms with Gasteiger partial charge in [0.15, 0.2) is 13.4 Å². The summed E-state index contributed by atoms with van der Waals surface area (Å²) >= 11 is 1.34. The lowest BCUT2D eigenvalue weighted by atomic mass is 10.5. The number of hydrogen-bond acceptors (Lipinski definition) is 3. The average molecular weight is 206 g/mol. The fraction of sp³-hybridized carbons (Fsp3) is 0.875. The van der Waals surface area contributed by atoms with E-state index in [1.54, 1.807) is 6.92 Å². The van der Waals surface area contributed by atoms with Crippen molar-refractivity contribution in [3.63, 3.8) is 0 Å². The molecule has 0 N–H and O–H groups in total. The smallest absolute Gasteiger partial charge is 0.185 e. The van der Waals surface area contributed by atoms with Gasteiger partial charge >= 0.3 is 0 Å². The van der Waals surface area contributed by atoms with Gasteiger partial charge in [0, 0.05) is 12.7 Å². The third kappa shape index (κ3) is 8.29. The lowest BCUT2D eigenvalue weighted by molar-refractivity contribution is -0.109. The Morgan fingerprint density at radius 1 is 1.50 bits per heavy atom. The van der Waals surface area contributed by atoms with E-state index in [-0.39, 0.29) is 11.2 Å². The summed E-state index contributed by atoms with van der Waals surface area (Å²) in [5.74, 6) is 0.777. The second-order valence-corrected chi connectivity index (χ2v) is 9.50. The van der Waals surface area contributed by atoms with Crippen LogP contribution in [0.3, 0.4) is 0 Å². The van der Waals surface area contributed by atoms with Crippen LogP contribution in [0.25, 0.3) is 0 Å². The van der Waals surface area contributed by atoms with E-state index >= 15 is 0 Å². The van der Waals surface area contributed by atoms with Crippen molar-refractivity contribution in [2.75, 3.05) is 5.75 Å². The summed E-state index contributed by atoms with van der Waals surface area (Å²) in [4.78, 5) is 10.6. The van der Waals surface area contributed by atoms with Gasteiger partial charge in [0.05, 0.1) is 6.10 Å². The standard InChI is InChI=1S/C8H18O2SSi/c1-7(6-11-8(2)9)10-12(3,4)5/h7H,6H2,1-5H3/t7-/m0/s1. The molecule has 72 valence electrons. The molecule has 0 unspecified atom stereocenters. The van der Waals surface area contributed by atoms with Gasteiger partial charge in [-0.25, -0.2) is 0 Å². The van der Waals surface area contributed by atoms with E-state index < -0.39 is 8.32 Å². The fourth-order valence-electron chi connectivity index (χ4n) is 0.872. The maximum absolute atomic E-state index is 10.6. The lowest BCUT2D eigenvalue weighted by Crippen LogP contribution is -2.31. The summed E-state index contributed by atoms with van der Waals surface area (Å²) in [7, 11) is -1.42. The van der Waals surface area contributed by atoms with Crippen molar-refractivity contribution in [2.45, 2.75) is 39.6 Å². The van der Waals surface area contributed by atoms with Gasteiger partial charge in [-0.1, -0.05) is 11.8 Å². The molecule has 0 fully saturated rings. The Kier molecular flexibility index (Phi) is 5.12. The lowest BCUT2D eigenvalue weighted by Gasteiger charge is -2.22. The number of thioether (sulfide) groups is 1. The van der Waals surface area contributed by atoms with Gasteiger partial charge in [0.25, 0.3) is 0 Å². The van der Waals surface area contributed by atoms with E-state index in [1.807, 2.05) is 6.92 Å². The van der Waals surface area contributed by atoms with Crippen molar-refractivity contribution >= 4 is 25.2 Å². The molecule has 0 aliphatic heterocycles. The summed E-state index contributed by atoms with van der Waals surface area (Å²) in [6.07, 6.45) is 0.200. The maximum atomic E-state index is 10.6. The summed E-state index contributed by atoms with van der Waals surface area (Å²) < 4.78 is 5.75. The molecule has 4 heteroatoms. The molecule has 0 radical (unpaired) electrons. The van der Waals surface area contributed by atoms with Crippen LogP contribution in [-0.2, 0) is 9.22 Å². The minimum atomic E-state index is -1.42. The van der Waals surface area contributed by atoms with Crippen LogP contribution in [0.5, 0.6) is 0 Å². The van der Waals surface area contributed by atoms with Crippen LogP contribution in [0.2, 0.25) is 19.6 Å². The van der Waals surface area contributed by atoms with Crippen LogP contribution in [0, 0.1) is 0 Å². The molecule has 0 saturated carbocycles. The van der Waals surface area contributed by atoms with Crippen molar-refractivity contribution < 1.29 is 9.22 Å². The second-order valence-electron chi connectivity index (χ2n) is 3.84. The highest BCUT2D eigenvalue weighted by molar-refractivity contribution is 8.13. The van der Waals surface area contributed by atoms with Gasteiger partial charge in [0.1, 0.15) is 0 Å². The molecule has 1 atom stereocenters. The molecule has 12 heavy (non-hydrogen) atoms. The van der Waals surface area contributed by atoms with Crippen LogP contribution < -0.4 is 0 Å². The first-order chi connectivity index (χ1) is 5.31. The number of carbonyl (C=O) groups excluding carboxylic acids is 1. The van der Waals surface area contributed by atoms with Crippen LogP contribution >= 0.6 is 11.8 Å². The summed E-state index contributed by atoms with van der Waals surface area (Å²) in [6.45, 7) is 10.1. The first-order valence-electron chi connectivity index (χ1n) is 4.12. The first-order valence-corrected chi connectivity index (χ1v) is 8.52. The normalized spacial score (nSPS) is 14.4. The van der Waals surface area contributed by atoms with E-state index in [4.69, 9.17) is 4.43 Å². The monoisotopic (exact) mass is 206 g/mol. The fourth-order valence-corrected chi connectivity index (χ4v) is 2.82. The Morgan fingerprint density at radius 2 is 2.00 bits per heavy atom. The molecule has 0 heterocycles. The van der Waals surface area contributed by atoms with Gasteiger partial charge in [-0.2, -0.15) is 0 Å². The summed E-state index contributed by atoms with van der Waals surface area (Å²) in [6, 6.07) is 0. The SMILES string of the molecule is CC(=O)SC[C@H](C)O[Si](C)(C)C. The Morgan fingerprint density at radius 3 is 2.33 bits per heavy atom.